The molecule has 0 saturated carbocycles. The fraction of sp³-hybridized carbons (Fsp3) is 0.250. The van der Waals surface area contributed by atoms with Crippen molar-refractivity contribution in [3.05, 3.63) is 51.9 Å². The van der Waals surface area contributed by atoms with Gasteiger partial charge in [0.2, 0.25) is 5.91 Å². The van der Waals surface area contributed by atoms with Gasteiger partial charge in [-0.3, -0.25) is 4.79 Å². The van der Waals surface area contributed by atoms with E-state index in [2.05, 4.69) is 16.1 Å². The van der Waals surface area contributed by atoms with E-state index in [1.165, 1.54) is 5.56 Å². The third-order valence-electron chi connectivity index (χ3n) is 2.67. The second-order valence-electron chi connectivity index (χ2n) is 3.69. The van der Waals surface area contributed by atoms with Crippen molar-refractivity contribution in [1.82, 2.24) is 0 Å². The molecular formula is C12H11N3O. The number of carbonyl (C=O) groups is 1. The number of allylic oxidation sites excluding steroid dienone is 1. The van der Waals surface area contributed by atoms with Crippen molar-refractivity contribution in [2.75, 3.05) is 0 Å². The number of nitrogens with zero attached hydrogens (tertiary/aromatic N) is 3. The molecule has 1 aliphatic carbocycles. The van der Waals surface area contributed by atoms with Crippen LogP contribution in [0.5, 0.6) is 0 Å². The van der Waals surface area contributed by atoms with Crippen molar-refractivity contribution in [3.8, 4) is 0 Å². The second kappa shape index (κ2) is 4.64. The average molecular weight is 213 g/mol. The molecule has 0 fully saturated rings. The van der Waals surface area contributed by atoms with E-state index in [4.69, 9.17) is 5.53 Å². The highest BCUT2D eigenvalue weighted by atomic mass is 16.1. The Morgan fingerprint density at radius 2 is 2.25 bits per heavy atom. The van der Waals surface area contributed by atoms with Gasteiger partial charge in [-0.25, -0.2) is 0 Å². The summed E-state index contributed by atoms with van der Waals surface area (Å²) in [5, 5.41) is 3.09. The van der Waals surface area contributed by atoms with Gasteiger partial charge in [0.25, 0.3) is 0 Å². The summed E-state index contributed by atoms with van der Waals surface area (Å²) in [6, 6.07) is 8.02. The van der Waals surface area contributed by atoms with Gasteiger partial charge >= 0.3 is 0 Å². The van der Waals surface area contributed by atoms with Gasteiger partial charge in [-0.1, -0.05) is 30.3 Å². The molecule has 1 aliphatic rings. The van der Waals surface area contributed by atoms with E-state index in [0.717, 1.165) is 24.0 Å². The number of rotatable bonds is 2. The molecule has 0 saturated heterocycles. The number of hydrogen-bond acceptors (Lipinski definition) is 1. The second-order valence-corrected chi connectivity index (χ2v) is 3.69. The Hall–Kier alpha value is -2.06. The topological polar surface area (TPSA) is 65.8 Å². The van der Waals surface area contributed by atoms with Crippen LogP contribution in [-0.4, -0.2) is 5.91 Å². The molecule has 2 rings (SSSR count). The van der Waals surface area contributed by atoms with Gasteiger partial charge in [0.1, 0.15) is 0 Å². The maximum Gasteiger partial charge on any atom is 0.223 e. The van der Waals surface area contributed by atoms with Crippen LogP contribution in [0.1, 0.15) is 24.0 Å². The van der Waals surface area contributed by atoms with E-state index in [1.54, 1.807) is 0 Å². The first-order valence-corrected chi connectivity index (χ1v) is 5.16. The number of fused-ring (bicyclic) bond motifs is 1. The monoisotopic (exact) mass is 213 g/mol. The van der Waals surface area contributed by atoms with Crippen molar-refractivity contribution in [1.29, 1.82) is 0 Å². The number of azide groups is 1. The molecule has 4 nitrogen and oxygen atoms in total. The lowest BCUT2D eigenvalue weighted by Gasteiger charge is -2.16. The lowest BCUT2D eigenvalue weighted by Crippen LogP contribution is -2.02. The zero-order valence-corrected chi connectivity index (χ0v) is 8.76. The van der Waals surface area contributed by atoms with Crippen LogP contribution in [0.2, 0.25) is 0 Å². The van der Waals surface area contributed by atoms with Crippen LogP contribution in [0.25, 0.3) is 16.0 Å². The summed E-state index contributed by atoms with van der Waals surface area (Å²) in [6.07, 6.45) is 4.19. The first-order chi connectivity index (χ1) is 7.81. The van der Waals surface area contributed by atoms with Crippen LogP contribution in [0, 0.1) is 0 Å². The summed E-state index contributed by atoms with van der Waals surface area (Å²) in [4.78, 5) is 13.8. The molecule has 0 atom stereocenters. The van der Waals surface area contributed by atoms with Gasteiger partial charge in [0.15, 0.2) is 0 Å². The van der Waals surface area contributed by atoms with Crippen LogP contribution in [-0.2, 0) is 11.2 Å². The molecule has 0 aromatic heterocycles. The maximum atomic E-state index is 11.3. The standard InChI is InChI=1S/C12H11N3O/c13-15-14-12(16)8-10-6-3-5-9-4-1-2-7-11(9)10/h1-2,4,6-7H,3,5,8H2. The van der Waals surface area contributed by atoms with E-state index in [9.17, 15) is 4.79 Å². The molecule has 4 heteroatoms. The van der Waals surface area contributed by atoms with Crippen LogP contribution in [0.4, 0.5) is 0 Å². The van der Waals surface area contributed by atoms with Gasteiger partial charge in [-0.2, -0.15) is 0 Å². The number of amides is 1. The van der Waals surface area contributed by atoms with E-state index in [-0.39, 0.29) is 6.42 Å². The molecule has 1 amide bonds. The van der Waals surface area contributed by atoms with Crippen LogP contribution < -0.4 is 0 Å². The Morgan fingerprint density at radius 3 is 3.06 bits per heavy atom. The number of benzene rings is 1. The van der Waals surface area contributed by atoms with Crippen molar-refractivity contribution in [3.63, 3.8) is 0 Å². The predicted molar refractivity (Wildman–Crippen MR) is 61.5 cm³/mol. The van der Waals surface area contributed by atoms with E-state index in [0.29, 0.717) is 0 Å². The molecular weight excluding hydrogens is 202 g/mol. The predicted octanol–water partition coefficient (Wildman–Crippen LogP) is 3.24. The van der Waals surface area contributed by atoms with Gasteiger partial charge in [0, 0.05) is 11.3 Å². The van der Waals surface area contributed by atoms with E-state index >= 15 is 0 Å². The van der Waals surface area contributed by atoms with Crippen molar-refractivity contribution >= 4 is 11.5 Å². The Labute approximate surface area is 93.2 Å². The molecule has 1 aromatic carbocycles. The SMILES string of the molecule is [N-]=[N+]=NC(=O)CC1=CCCc2ccccc21. The van der Waals surface area contributed by atoms with Crippen molar-refractivity contribution in [2.24, 2.45) is 5.11 Å². The van der Waals surface area contributed by atoms with Crippen LogP contribution in [0.15, 0.2) is 35.5 Å². The van der Waals surface area contributed by atoms with E-state index < -0.39 is 5.91 Å². The summed E-state index contributed by atoms with van der Waals surface area (Å²) in [5.74, 6) is -0.426. The summed E-state index contributed by atoms with van der Waals surface area (Å²) in [7, 11) is 0. The fourth-order valence-corrected chi connectivity index (χ4v) is 1.98. The molecule has 0 heterocycles. The lowest BCUT2D eigenvalue weighted by atomic mass is 9.89. The molecule has 1 aromatic rings. The average Bonchev–Trinajstić information content (AvgIpc) is 2.30. The number of hydrogen-bond donors (Lipinski definition) is 0. The molecule has 16 heavy (non-hydrogen) atoms. The first-order valence-electron chi connectivity index (χ1n) is 5.16. The quantitative estimate of drug-likeness (QED) is 0.422. The Morgan fingerprint density at radius 1 is 1.44 bits per heavy atom. The Bertz CT molecular complexity index is 499. The highest BCUT2D eigenvalue weighted by Gasteiger charge is 2.13. The van der Waals surface area contributed by atoms with Crippen LogP contribution in [0.3, 0.4) is 0 Å². The molecule has 0 radical (unpaired) electrons. The molecule has 0 spiro atoms. The zero-order valence-electron chi connectivity index (χ0n) is 8.76. The third kappa shape index (κ3) is 2.12. The fourth-order valence-electron chi connectivity index (χ4n) is 1.98. The minimum absolute atomic E-state index is 0.196. The summed E-state index contributed by atoms with van der Waals surface area (Å²) in [5.41, 5.74) is 11.5. The molecule has 0 N–H and O–H groups in total. The van der Waals surface area contributed by atoms with Gasteiger partial charge in [-0.05, 0) is 40.2 Å². The summed E-state index contributed by atoms with van der Waals surface area (Å²) in [6.45, 7) is 0. The third-order valence-corrected chi connectivity index (χ3v) is 2.67. The van der Waals surface area contributed by atoms with Gasteiger partial charge in [0.05, 0.1) is 0 Å². The molecule has 80 valence electrons. The minimum atomic E-state index is -0.426. The molecule has 0 bridgehead atoms. The number of carbonyl (C=O) groups excluding carboxylic acids is 1. The molecule has 0 unspecified atom stereocenters. The van der Waals surface area contributed by atoms with E-state index in [1.807, 2.05) is 24.3 Å². The largest absolute Gasteiger partial charge is 0.292 e. The highest BCUT2D eigenvalue weighted by Crippen LogP contribution is 2.28. The highest BCUT2D eigenvalue weighted by molar-refractivity contribution is 5.90. The molecule has 0 aliphatic heterocycles. The summed E-state index contributed by atoms with van der Waals surface area (Å²) < 4.78 is 0. The van der Waals surface area contributed by atoms with Crippen molar-refractivity contribution < 1.29 is 4.79 Å². The normalized spacial score (nSPS) is 13.4. The minimum Gasteiger partial charge on any atom is -0.292 e. The lowest BCUT2D eigenvalue weighted by molar-refractivity contribution is -0.116. The Kier molecular flexibility index (Phi) is 3.03. The van der Waals surface area contributed by atoms with Gasteiger partial charge in [-0.15, -0.1) is 0 Å². The Balaban J connectivity index is 2.26. The smallest absolute Gasteiger partial charge is 0.223 e. The summed E-state index contributed by atoms with van der Waals surface area (Å²) >= 11 is 0. The zero-order chi connectivity index (χ0) is 11.4. The first kappa shape index (κ1) is 10.5. The maximum absolute atomic E-state index is 11.3. The van der Waals surface area contributed by atoms with Gasteiger partial charge < -0.3 is 0 Å². The van der Waals surface area contributed by atoms with Crippen molar-refractivity contribution in [2.45, 2.75) is 19.3 Å². The van der Waals surface area contributed by atoms with Crippen LogP contribution >= 0.6 is 0 Å². The number of aryl methyl sites for hydroxylation is 1.